The SMILES string of the molecule is CCCCC/C=C\C/C=C\C/C=C\C=C\C(=O)CCCC(=O)OC[C@@H](O)COC(=O)CCCCCCCCC. The molecule has 0 aromatic carbocycles. The molecular formula is C33H54O6. The van der Waals surface area contributed by atoms with Gasteiger partial charge >= 0.3 is 11.9 Å². The fourth-order valence-electron chi connectivity index (χ4n) is 3.68. The van der Waals surface area contributed by atoms with Crippen molar-refractivity contribution in [2.75, 3.05) is 13.2 Å². The predicted octanol–water partition coefficient (Wildman–Crippen LogP) is 7.90. The van der Waals surface area contributed by atoms with Crippen molar-refractivity contribution < 1.29 is 29.0 Å². The van der Waals surface area contributed by atoms with E-state index in [0.29, 0.717) is 12.8 Å². The number of ether oxygens (including phenoxy) is 2. The van der Waals surface area contributed by atoms with Gasteiger partial charge in [-0.15, -0.1) is 0 Å². The summed E-state index contributed by atoms with van der Waals surface area (Å²) in [6, 6.07) is 0. The van der Waals surface area contributed by atoms with Crippen LogP contribution < -0.4 is 0 Å². The van der Waals surface area contributed by atoms with E-state index in [9.17, 15) is 19.5 Å². The summed E-state index contributed by atoms with van der Waals surface area (Å²) in [6.07, 6.45) is 30.3. The van der Waals surface area contributed by atoms with Crippen LogP contribution in [0.15, 0.2) is 48.6 Å². The average molecular weight is 547 g/mol. The standard InChI is InChI=1S/C33H54O6/c1-3-5-7-9-11-12-13-14-15-16-18-19-21-24-30(34)25-23-27-33(37)39-29-31(35)28-38-32(36)26-22-20-17-10-8-6-4-2/h11-12,14-15,18-19,21,24,31,35H,3-10,13,16-17,20,22-23,25-29H2,1-2H3/b12-11-,15-14-,19-18-,24-21+/t31-/m0/s1. The summed E-state index contributed by atoms with van der Waals surface area (Å²) in [7, 11) is 0. The van der Waals surface area contributed by atoms with Crippen LogP contribution in [0.25, 0.3) is 0 Å². The average Bonchev–Trinajstić information content (AvgIpc) is 2.92. The Balaban J connectivity index is 3.75. The second-order valence-corrected chi connectivity index (χ2v) is 9.91. The molecule has 0 heterocycles. The second-order valence-electron chi connectivity index (χ2n) is 9.91. The van der Waals surface area contributed by atoms with E-state index >= 15 is 0 Å². The van der Waals surface area contributed by atoms with Crippen LogP contribution in [0.2, 0.25) is 0 Å². The predicted molar refractivity (Wildman–Crippen MR) is 159 cm³/mol. The molecule has 0 aliphatic heterocycles. The number of carbonyl (C=O) groups excluding carboxylic acids is 3. The highest BCUT2D eigenvalue weighted by Crippen LogP contribution is 2.09. The highest BCUT2D eigenvalue weighted by Gasteiger charge is 2.12. The van der Waals surface area contributed by atoms with Gasteiger partial charge in [-0.2, -0.15) is 0 Å². The molecule has 0 saturated heterocycles. The van der Waals surface area contributed by atoms with Crippen molar-refractivity contribution in [3.05, 3.63) is 48.6 Å². The summed E-state index contributed by atoms with van der Waals surface area (Å²) in [5.74, 6) is -0.875. The molecule has 0 bridgehead atoms. The molecule has 0 aromatic heterocycles. The number of rotatable bonds is 26. The first kappa shape index (κ1) is 36.5. The Hall–Kier alpha value is -2.47. The van der Waals surface area contributed by atoms with Crippen molar-refractivity contribution in [2.24, 2.45) is 0 Å². The molecule has 0 radical (unpaired) electrons. The Labute approximate surface area is 237 Å². The lowest BCUT2D eigenvalue weighted by Gasteiger charge is -2.12. The second kappa shape index (κ2) is 28.5. The minimum absolute atomic E-state index is 0.0518. The number of aliphatic hydroxyl groups excluding tert-OH is 1. The lowest BCUT2D eigenvalue weighted by atomic mass is 10.1. The maximum atomic E-state index is 11.9. The molecule has 6 heteroatoms. The van der Waals surface area contributed by atoms with Gasteiger partial charge in [0.05, 0.1) is 0 Å². The van der Waals surface area contributed by atoms with Gasteiger partial charge in [0.25, 0.3) is 0 Å². The summed E-state index contributed by atoms with van der Waals surface area (Å²) in [4.78, 5) is 35.5. The summed E-state index contributed by atoms with van der Waals surface area (Å²) in [6.45, 7) is 3.97. The maximum absolute atomic E-state index is 11.9. The van der Waals surface area contributed by atoms with Crippen LogP contribution in [0.1, 0.15) is 123 Å². The van der Waals surface area contributed by atoms with Gasteiger partial charge in [-0.1, -0.05) is 108 Å². The first-order valence-corrected chi connectivity index (χ1v) is 15.1. The molecule has 1 N–H and O–H groups in total. The molecule has 0 rings (SSSR count). The molecular weight excluding hydrogens is 492 g/mol. The molecule has 0 aliphatic carbocycles. The van der Waals surface area contributed by atoms with Crippen LogP contribution in [-0.4, -0.2) is 42.1 Å². The lowest BCUT2D eigenvalue weighted by Crippen LogP contribution is -2.25. The molecule has 0 saturated carbocycles. The third kappa shape index (κ3) is 28.4. The van der Waals surface area contributed by atoms with Crippen molar-refractivity contribution in [3.63, 3.8) is 0 Å². The molecule has 0 unspecified atom stereocenters. The number of unbranched alkanes of at least 4 members (excludes halogenated alkanes) is 9. The molecule has 0 fully saturated rings. The minimum atomic E-state index is -1.05. The largest absolute Gasteiger partial charge is 0.463 e. The zero-order valence-corrected chi connectivity index (χ0v) is 24.6. The Morgan fingerprint density at radius 3 is 1.82 bits per heavy atom. The van der Waals surface area contributed by atoms with Crippen LogP contribution in [-0.2, 0) is 23.9 Å². The topological polar surface area (TPSA) is 89.9 Å². The van der Waals surface area contributed by atoms with Gasteiger partial charge in [0, 0.05) is 19.3 Å². The molecule has 0 aromatic rings. The lowest BCUT2D eigenvalue weighted by molar-refractivity contribution is -0.152. The van der Waals surface area contributed by atoms with Crippen molar-refractivity contribution in [2.45, 2.75) is 129 Å². The number of hydrogen-bond acceptors (Lipinski definition) is 6. The smallest absolute Gasteiger partial charge is 0.305 e. The van der Waals surface area contributed by atoms with E-state index in [0.717, 1.165) is 38.5 Å². The van der Waals surface area contributed by atoms with E-state index in [-0.39, 0.29) is 37.8 Å². The summed E-state index contributed by atoms with van der Waals surface area (Å²) < 4.78 is 10.1. The number of ketones is 1. The third-order valence-electron chi connectivity index (χ3n) is 6.04. The van der Waals surface area contributed by atoms with Crippen LogP contribution >= 0.6 is 0 Å². The molecule has 222 valence electrons. The van der Waals surface area contributed by atoms with Gasteiger partial charge in [-0.3, -0.25) is 14.4 Å². The monoisotopic (exact) mass is 546 g/mol. The van der Waals surface area contributed by atoms with E-state index in [1.54, 1.807) is 6.08 Å². The van der Waals surface area contributed by atoms with E-state index in [2.05, 4.69) is 38.2 Å². The number of aliphatic hydroxyl groups is 1. The highest BCUT2D eigenvalue weighted by atomic mass is 16.6. The van der Waals surface area contributed by atoms with Crippen molar-refractivity contribution in [1.82, 2.24) is 0 Å². The van der Waals surface area contributed by atoms with Gasteiger partial charge in [0.1, 0.15) is 19.3 Å². The molecule has 1 atom stereocenters. The number of hydrogen-bond donors (Lipinski definition) is 1. The molecule has 0 amide bonds. The summed E-state index contributed by atoms with van der Waals surface area (Å²) in [5, 5.41) is 9.87. The van der Waals surface area contributed by atoms with Crippen LogP contribution in [0, 0.1) is 0 Å². The van der Waals surface area contributed by atoms with Crippen molar-refractivity contribution >= 4 is 17.7 Å². The first-order chi connectivity index (χ1) is 19.0. The fourth-order valence-corrected chi connectivity index (χ4v) is 3.68. The minimum Gasteiger partial charge on any atom is -0.463 e. The molecule has 39 heavy (non-hydrogen) atoms. The maximum Gasteiger partial charge on any atom is 0.305 e. The normalized spacial score (nSPS) is 12.7. The Morgan fingerprint density at radius 2 is 1.15 bits per heavy atom. The van der Waals surface area contributed by atoms with Gasteiger partial charge in [0.2, 0.25) is 0 Å². The highest BCUT2D eigenvalue weighted by molar-refractivity contribution is 5.90. The van der Waals surface area contributed by atoms with Gasteiger partial charge in [-0.25, -0.2) is 0 Å². The summed E-state index contributed by atoms with van der Waals surface area (Å²) in [5.41, 5.74) is 0. The van der Waals surface area contributed by atoms with Crippen molar-refractivity contribution in [3.8, 4) is 0 Å². The van der Waals surface area contributed by atoms with E-state index < -0.39 is 12.1 Å². The molecule has 0 spiro atoms. The molecule has 0 aliphatic rings. The fraction of sp³-hybridized carbons (Fsp3) is 0.667. The van der Waals surface area contributed by atoms with E-state index in [1.807, 2.05) is 12.2 Å². The van der Waals surface area contributed by atoms with Gasteiger partial charge in [-0.05, 0) is 44.6 Å². The van der Waals surface area contributed by atoms with Gasteiger partial charge in [0.15, 0.2) is 5.78 Å². The Bertz CT molecular complexity index is 734. The van der Waals surface area contributed by atoms with E-state index in [4.69, 9.17) is 9.47 Å². The zero-order valence-electron chi connectivity index (χ0n) is 24.6. The molecule has 6 nitrogen and oxygen atoms in total. The number of allylic oxidation sites excluding steroid dienone is 8. The number of esters is 2. The van der Waals surface area contributed by atoms with Crippen LogP contribution in [0.4, 0.5) is 0 Å². The van der Waals surface area contributed by atoms with E-state index in [1.165, 1.54) is 51.0 Å². The van der Waals surface area contributed by atoms with Crippen LogP contribution in [0.5, 0.6) is 0 Å². The zero-order chi connectivity index (χ0) is 28.8. The van der Waals surface area contributed by atoms with Crippen molar-refractivity contribution in [1.29, 1.82) is 0 Å². The summed E-state index contributed by atoms with van der Waals surface area (Å²) >= 11 is 0. The van der Waals surface area contributed by atoms with Gasteiger partial charge < -0.3 is 14.6 Å². The Morgan fingerprint density at radius 1 is 0.615 bits per heavy atom. The number of carbonyl (C=O) groups is 3. The Kier molecular flexibility index (Phi) is 26.7. The van der Waals surface area contributed by atoms with Crippen LogP contribution in [0.3, 0.4) is 0 Å². The first-order valence-electron chi connectivity index (χ1n) is 15.1. The third-order valence-corrected chi connectivity index (χ3v) is 6.04. The quantitative estimate of drug-likeness (QED) is 0.0390.